The Morgan fingerprint density at radius 1 is 1.05 bits per heavy atom. The van der Waals surface area contributed by atoms with E-state index in [9.17, 15) is 27.2 Å². The summed E-state index contributed by atoms with van der Waals surface area (Å²) in [7, 11) is 0. The molecule has 0 saturated heterocycles. The van der Waals surface area contributed by atoms with Crippen LogP contribution in [0.4, 0.5) is 33.7 Å². The van der Waals surface area contributed by atoms with Crippen molar-refractivity contribution in [3.05, 3.63) is 71.3 Å². The van der Waals surface area contributed by atoms with E-state index in [1.807, 2.05) is 0 Å². The Hall–Kier alpha value is -4.29. The average molecular weight is 518 g/mol. The number of nitrogens with one attached hydrogen (secondary N) is 3. The predicted molar refractivity (Wildman–Crippen MR) is 123 cm³/mol. The number of anilines is 2. The summed E-state index contributed by atoms with van der Waals surface area (Å²) in [4.78, 5) is 37.0. The molecule has 1 aliphatic rings. The maximum absolute atomic E-state index is 13.3. The van der Waals surface area contributed by atoms with E-state index >= 15 is 0 Å². The fraction of sp³-hybridized carbons (Fsp3) is 0.292. The van der Waals surface area contributed by atoms with E-state index in [1.165, 1.54) is 18.6 Å². The molecule has 1 saturated carbocycles. The molecule has 1 aliphatic carbocycles. The van der Waals surface area contributed by atoms with Crippen LogP contribution >= 0.6 is 0 Å². The van der Waals surface area contributed by atoms with Gasteiger partial charge in [-0.3, -0.25) is 9.78 Å². The molecule has 37 heavy (non-hydrogen) atoms. The molecule has 0 unspecified atom stereocenters. The summed E-state index contributed by atoms with van der Waals surface area (Å²) in [6, 6.07) is 3.90. The van der Waals surface area contributed by atoms with Crippen molar-refractivity contribution >= 4 is 23.4 Å². The van der Waals surface area contributed by atoms with Gasteiger partial charge in [-0.2, -0.15) is 13.2 Å². The molecule has 2 aromatic heterocycles. The minimum Gasteiger partial charge on any atom is -0.407 e. The normalized spacial score (nSPS) is 14.0. The van der Waals surface area contributed by atoms with E-state index in [0.29, 0.717) is 36.0 Å². The van der Waals surface area contributed by atoms with Gasteiger partial charge in [-0.05, 0) is 56.5 Å². The smallest absolute Gasteiger partial charge is 0.407 e. The van der Waals surface area contributed by atoms with E-state index < -0.39 is 35.1 Å². The molecule has 3 aromatic rings. The number of aromatic nitrogens is 3. The van der Waals surface area contributed by atoms with Gasteiger partial charge >= 0.3 is 12.3 Å². The lowest BCUT2D eigenvalue weighted by Gasteiger charge is -2.18. The zero-order valence-electron chi connectivity index (χ0n) is 19.7. The molecule has 0 atom stereocenters. The largest absolute Gasteiger partial charge is 0.418 e. The van der Waals surface area contributed by atoms with Gasteiger partial charge in [-0.1, -0.05) is 0 Å². The number of carbonyl (C=O) groups excluding carboxylic acids is 2. The summed E-state index contributed by atoms with van der Waals surface area (Å²) < 4.78 is 58.2. The number of benzene rings is 1. The molecule has 2 amide bonds. The quantitative estimate of drug-likeness (QED) is 0.399. The minimum atomic E-state index is -4.75. The first-order chi connectivity index (χ1) is 17.4. The summed E-state index contributed by atoms with van der Waals surface area (Å²) in [5.74, 6) is -0.774. The Bertz CT molecular complexity index is 1330. The first-order valence-electron chi connectivity index (χ1n) is 11.1. The van der Waals surface area contributed by atoms with Gasteiger partial charge in [-0.15, -0.1) is 0 Å². The molecule has 13 heteroatoms. The molecule has 0 radical (unpaired) electrons. The van der Waals surface area contributed by atoms with Crippen LogP contribution in [0.15, 0.2) is 42.9 Å². The summed E-state index contributed by atoms with van der Waals surface area (Å²) in [6.45, 7) is 3.39. The van der Waals surface area contributed by atoms with E-state index in [0.717, 1.165) is 12.1 Å². The Labute approximate surface area is 208 Å². The number of hydrogen-bond donors (Lipinski definition) is 3. The number of ether oxygens (including phenoxy) is 1. The van der Waals surface area contributed by atoms with Crippen molar-refractivity contribution in [2.24, 2.45) is 0 Å². The highest BCUT2D eigenvalue weighted by Gasteiger charge is 2.51. The van der Waals surface area contributed by atoms with Crippen molar-refractivity contribution in [1.29, 1.82) is 0 Å². The van der Waals surface area contributed by atoms with Gasteiger partial charge in [0.1, 0.15) is 17.2 Å². The number of pyridine rings is 1. The first-order valence-corrected chi connectivity index (χ1v) is 11.1. The van der Waals surface area contributed by atoms with E-state index in [-0.39, 0.29) is 23.7 Å². The van der Waals surface area contributed by atoms with Crippen molar-refractivity contribution in [1.82, 2.24) is 25.6 Å². The molecule has 0 spiro atoms. The number of rotatable bonds is 7. The van der Waals surface area contributed by atoms with Crippen LogP contribution in [0.2, 0.25) is 0 Å². The van der Waals surface area contributed by atoms with Crippen LogP contribution in [0.3, 0.4) is 0 Å². The number of amides is 2. The standard InChI is InChI=1S/C24H22F4N6O3/c1-13-7-16(33-19-4-3-15(25)8-18(19)24(26,27)28)9-31-20(13)12-32-21(35)23(5-6-23)34-22(36)37-17-10-29-14(2)30-11-17/h3-4,7-11,33H,5-6,12H2,1-2H3,(H,32,35)(H,34,36). The molecule has 194 valence electrons. The van der Waals surface area contributed by atoms with Gasteiger partial charge in [0.05, 0.1) is 47.8 Å². The highest BCUT2D eigenvalue weighted by molar-refractivity contribution is 5.93. The summed E-state index contributed by atoms with van der Waals surface area (Å²) in [5, 5.41) is 7.89. The molecule has 3 N–H and O–H groups in total. The second-order valence-electron chi connectivity index (χ2n) is 8.55. The molecule has 0 bridgehead atoms. The number of aryl methyl sites for hydroxylation is 2. The van der Waals surface area contributed by atoms with Crippen molar-refractivity contribution < 1.29 is 31.9 Å². The molecular weight excluding hydrogens is 496 g/mol. The van der Waals surface area contributed by atoms with Crippen molar-refractivity contribution in [3.8, 4) is 5.75 Å². The lowest BCUT2D eigenvalue weighted by Crippen LogP contribution is -2.49. The van der Waals surface area contributed by atoms with Gasteiger partial charge in [-0.25, -0.2) is 19.2 Å². The topological polar surface area (TPSA) is 118 Å². The second-order valence-corrected chi connectivity index (χ2v) is 8.55. The van der Waals surface area contributed by atoms with E-state index in [4.69, 9.17) is 4.74 Å². The summed E-state index contributed by atoms with van der Waals surface area (Å²) in [5.41, 5.74) is -1.23. The van der Waals surface area contributed by atoms with Gasteiger partial charge < -0.3 is 20.7 Å². The molecule has 1 aromatic carbocycles. The number of alkyl halides is 3. The third-order valence-corrected chi connectivity index (χ3v) is 5.66. The number of nitrogens with zero attached hydrogens (tertiary/aromatic N) is 3. The monoisotopic (exact) mass is 518 g/mol. The first kappa shape index (κ1) is 25.8. The SMILES string of the molecule is Cc1ncc(OC(=O)NC2(C(=O)NCc3ncc(Nc4ccc(F)cc4C(F)(F)F)cc3C)CC2)cn1. The summed E-state index contributed by atoms with van der Waals surface area (Å²) in [6.07, 6.45) is -0.722. The van der Waals surface area contributed by atoms with Crippen LogP contribution in [-0.4, -0.2) is 32.5 Å². The van der Waals surface area contributed by atoms with Crippen LogP contribution in [0.1, 0.15) is 35.5 Å². The predicted octanol–water partition coefficient (Wildman–Crippen LogP) is 4.33. The van der Waals surface area contributed by atoms with Gasteiger partial charge in [0.15, 0.2) is 5.75 Å². The van der Waals surface area contributed by atoms with Gasteiger partial charge in [0, 0.05) is 0 Å². The van der Waals surface area contributed by atoms with Crippen LogP contribution in [-0.2, 0) is 17.5 Å². The minimum absolute atomic E-state index is 0.0274. The third kappa shape index (κ3) is 6.29. The van der Waals surface area contributed by atoms with Crippen LogP contribution in [0.5, 0.6) is 5.75 Å². The van der Waals surface area contributed by atoms with Crippen LogP contribution in [0, 0.1) is 19.7 Å². The summed E-state index contributed by atoms with van der Waals surface area (Å²) >= 11 is 0. The zero-order valence-corrected chi connectivity index (χ0v) is 19.7. The van der Waals surface area contributed by atoms with E-state index in [1.54, 1.807) is 19.9 Å². The number of carbonyl (C=O) groups is 2. The highest BCUT2D eigenvalue weighted by atomic mass is 19.4. The van der Waals surface area contributed by atoms with Crippen molar-refractivity contribution in [2.75, 3.05) is 5.32 Å². The average Bonchev–Trinajstić information content (AvgIpc) is 3.61. The highest BCUT2D eigenvalue weighted by Crippen LogP contribution is 2.37. The molecule has 1 fully saturated rings. The fourth-order valence-electron chi connectivity index (χ4n) is 3.50. The van der Waals surface area contributed by atoms with Crippen molar-refractivity contribution in [2.45, 2.75) is 44.9 Å². The molecule has 2 heterocycles. The van der Waals surface area contributed by atoms with Crippen LogP contribution in [0.25, 0.3) is 0 Å². The molecule has 9 nitrogen and oxygen atoms in total. The third-order valence-electron chi connectivity index (χ3n) is 5.66. The van der Waals surface area contributed by atoms with Gasteiger partial charge in [0.2, 0.25) is 5.91 Å². The maximum atomic E-state index is 13.3. The molecule has 0 aliphatic heterocycles. The maximum Gasteiger partial charge on any atom is 0.418 e. The van der Waals surface area contributed by atoms with Crippen molar-refractivity contribution in [3.63, 3.8) is 0 Å². The second kappa shape index (κ2) is 9.99. The molecule has 4 rings (SSSR count). The van der Waals surface area contributed by atoms with E-state index in [2.05, 4.69) is 30.9 Å². The number of hydrogen-bond acceptors (Lipinski definition) is 7. The Morgan fingerprint density at radius 2 is 1.76 bits per heavy atom. The zero-order chi connectivity index (χ0) is 26.8. The fourth-order valence-corrected chi connectivity index (χ4v) is 3.50. The Morgan fingerprint density at radius 3 is 2.38 bits per heavy atom. The molecular formula is C24H22F4N6O3. The number of halogens is 4. The Kier molecular flexibility index (Phi) is 6.96. The van der Waals surface area contributed by atoms with Gasteiger partial charge in [0.25, 0.3) is 0 Å². The Balaban J connectivity index is 1.35. The lowest BCUT2D eigenvalue weighted by atomic mass is 10.1. The lowest BCUT2D eigenvalue weighted by molar-refractivity contribution is -0.137. The van der Waals surface area contributed by atoms with Crippen LogP contribution < -0.4 is 20.7 Å².